The summed E-state index contributed by atoms with van der Waals surface area (Å²) in [6.45, 7) is 6.23. The van der Waals surface area contributed by atoms with E-state index < -0.39 is 0 Å². The van der Waals surface area contributed by atoms with Crippen LogP contribution in [0.5, 0.6) is 11.5 Å². The molecule has 1 aliphatic carbocycles. The third kappa shape index (κ3) is 4.22. The Bertz CT molecular complexity index is 682. The summed E-state index contributed by atoms with van der Waals surface area (Å²) in [6.07, 6.45) is 3.18. The average Bonchev–Trinajstić information content (AvgIpc) is 3.02. The molecule has 1 aliphatic rings. The van der Waals surface area contributed by atoms with E-state index in [1.807, 2.05) is 20.8 Å². The first-order chi connectivity index (χ1) is 11.3. The van der Waals surface area contributed by atoms with Crippen molar-refractivity contribution in [2.24, 2.45) is 22.4 Å². The van der Waals surface area contributed by atoms with Gasteiger partial charge in [0.05, 0.1) is 18.7 Å². The second kappa shape index (κ2) is 7.45. The number of hydrazone groups is 1. The molecule has 0 aromatic heterocycles. The molecule has 2 rings (SSSR count). The van der Waals surface area contributed by atoms with Gasteiger partial charge in [0.1, 0.15) is 4.49 Å². The number of phenolic OH excluding ortho intramolecular Hbond substituents is 1. The third-order valence-corrected chi connectivity index (χ3v) is 4.42. The van der Waals surface area contributed by atoms with Gasteiger partial charge >= 0.3 is 0 Å². The van der Waals surface area contributed by atoms with Crippen molar-refractivity contribution in [3.8, 4) is 11.5 Å². The standard InChI is InChI=1S/C17H20Cl2N2O3/c1-4-24-13-7-10(5-6-12(13)22)9-20-21-16(23)15-11(8-14(18)19)17(15,2)3/h5-9,11,15,22H,4H2,1-3H3,(H,21,23)/b20-9+/t11-,15-/m1/s1. The molecule has 7 heteroatoms. The van der Waals surface area contributed by atoms with E-state index in [1.165, 1.54) is 12.3 Å². The average molecular weight is 371 g/mol. The fourth-order valence-electron chi connectivity index (χ4n) is 2.75. The number of ether oxygens (including phenoxy) is 1. The highest BCUT2D eigenvalue weighted by molar-refractivity contribution is 6.55. The lowest BCUT2D eigenvalue weighted by Crippen LogP contribution is -2.21. The Kier molecular flexibility index (Phi) is 5.78. The second-order valence-corrected chi connectivity index (χ2v) is 7.18. The van der Waals surface area contributed by atoms with Crippen molar-refractivity contribution in [1.82, 2.24) is 5.43 Å². The van der Waals surface area contributed by atoms with Gasteiger partial charge in [-0.05, 0) is 48.1 Å². The molecule has 0 aliphatic heterocycles. The fourth-order valence-corrected chi connectivity index (χ4v) is 3.02. The maximum Gasteiger partial charge on any atom is 0.244 e. The molecule has 0 bridgehead atoms. The monoisotopic (exact) mass is 370 g/mol. The van der Waals surface area contributed by atoms with Gasteiger partial charge in [0.15, 0.2) is 11.5 Å². The first-order valence-corrected chi connectivity index (χ1v) is 8.34. The first-order valence-electron chi connectivity index (χ1n) is 7.59. The zero-order chi connectivity index (χ0) is 17.9. The number of rotatable bonds is 6. The van der Waals surface area contributed by atoms with Crippen LogP contribution in [0, 0.1) is 17.3 Å². The van der Waals surface area contributed by atoms with Crippen LogP contribution in [0.4, 0.5) is 0 Å². The van der Waals surface area contributed by atoms with E-state index in [1.54, 1.807) is 18.2 Å². The molecule has 0 radical (unpaired) electrons. The Hall–Kier alpha value is -1.72. The minimum Gasteiger partial charge on any atom is -0.504 e. The Morgan fingerprint density at radius 3 is 2.79 bits per heavy atom. The minimum absolute atomic E-state index is 0.00377. The van der Waals surface area contributed by atoms with E-state index >= 15 is 0 Å². The summed E-state index contributed by atoms with van der Waals surface area (Å²) in [5.41, 5.74) is 3.03. The summed E-state index contributed by atoms with van der Waals surface area (Å²) in [5.74, 6) is 0.0242. The molecule has 0 heterocycles. The van der Waals surface area contributed by atoms with Crippen LogP contribution in [0.3, 0.4) is 0 Å². The van der Waals surface area contributed by atoms with Gasteiger partial charge in [0.2, 0.25) is 5.91 Å². The van der Waals surface area contributed by atoms with Crippen molar-refractivity contribution in [3.63, 3.8) is 0 Å². The SMILES string of the molecule is CCOc1cc(/C=N/NC(=O)[C@H]2[C@@H](C=C(Cl)Cl)C2(C)C)ccc1O. The summed E-state index contributed by atoms with van der Waals surface area (Å²) in [7, 11) is 0. The van der Waals surface area contributed by atoms with Crippen LogP contribution >= 0.6 is 23.2 Å². The highest BCUT2D eigenvalue weighted by atomic mass is 35.5. The number of carbonyl (C=O) groups is 1. The fraction of sp³-hybridized carbons (Fsp3) is 0.412. The summed E-state index contributed by atoms with van der Waals surface area (Å²) >= 11 is 11.4. The summed E-state index contributed by atoms with van der Waals surface area (Å²) in [6, 6.07) is 4.84. The molecule has 1 fully saturated rings. The summed E-state index contributed by atoms with van der Waals surface area (Å²) < 4.78 is 5.47. The van der Waals surface area contributed by atoms with E-state index in [2.05, 4.69) is 10.5 Å². The Morgan fingerprint density at radius 1 is 1.46 bits per heavy atom. The van der Waals surface area contributed by atoms with Gasteiger partial charge in [-0.25, -0.2) is 5.43 Å². The van der Waals surface area contributed by atoms with Crippen LogP contribution < -0.4 is 10.2 Å². The maximum absolute atomic E-state index is 12.2. The molecule has 1 aromatic rings. The lowest BCUT2D eigenvalue weighted by molar-refractivity contribution is -0.123. The largest absolute Gasteiger partial charge is 0.504 e. The molecule has 1 saturated carbocycles. The predicted octanol–water partition coefficient (Wildman–Crippen LogP) is 3.83. The molecule has 0 spiro atoms. The van der Waals surface area contributed by atoms with Crippen molar-refractivity contribution in [2.45, 2.75) is 20.8 Å². The van der Waals surface area contributed by atoms with Crippen molar-refractivity contribution < 1.29 is 14.6 Å². The smallest absolute Gasteiger partial charge is 0.244 e. The van der Waals surface area contributed by atoms with Gasteiger partial charge in [0.25, 0.3) is 0 Å². The molecule has 2 atom stereocenters. The molecule has 1 aromatic carbocycles. The number of nitrogens with one attached hydrogen (secondary N) is 1. The number of carbonyl (C=O) groups excluding carboxylic acids is 1. The zero-order valence-electron chi connectivity index (χ0n) is 13.7. The number of phenols is 1. The van der Waals surface area contributed by atoms with E-state index in [0.29, 0.717) is 17.9 Å². The molecule has 5 nitrogen and oxygen atoms in total. The number of benzene rings is 1. The molecule has 24 heavy (non-hydrogen) atoms. The number of aromatic hydroxyl groups is 1. The number of amides is 1. The number of halogens is 2. The number of hydrogen-bond acceptors (Lipinski definition) is 4. The number of allylic oxidation sites excluding steroid dienone is 1. The van der Waals surface area contributed by atoms with Crippen LogP contribution in [0.1, 0.15) is 26.3 Å². The second-order valence-electron chi connectivity index (χ2n) is 6.18. The molecule has 0 unspecified atom stereocenters. The van der Waals surface area contributed by atoms with Crippen LogP contribution in [0.2, 0.25) is 0 Å². The topological polar surface area (TPSA) is 70.9 Å². The molecule has 130 valence electrons. The van der Waals surface area contributed by atoms with Crippen LogP contribution in [-0.4, -0.2) is 23.8 Å². The van der Waals surface area contributed by atoms with Gasteiger partial charge < -0.3 is 9.84 Å². The molecule has 0 saturated heterocycles. The molecular formula is C17H20Cl2N2O3. The predicted molar refractivity (Wildman–Crippen MR) is 95.6 cm³/mol. The minimum atomic E-state index is -0.221. The third-order valence-electron chi connectivity index (χ3n) is 4.17. The van der Waals surface area contributed by atoms with Crippen LogP contribution in [0.25, 0.3) is 0 Å². The van der Waals surface area contributed by atoms with Gasteiger partial charge in [0, 0.05) is 0 Å². The highest BCUT2D eigenvalue weighted by Gasteiger charge is 2.60. The Morgan fingerprint density at radius 2 is 2.17 bits per heavy atom. The summed E-state index contributed by atoms with van der Waals surface area (Å²) in [5, 5.41) is 13.6. The number of nitrogens with zero attached hydrogens (tertiary/aromatic N) is 1. The van der Waals surface area contributed by atoms with Crippen LogP contribution in [0.15, 0.2) is 33.9 Å². The highest BCUT2D eigenvalue weighted by Crippen LogP contribution is 2.59. The number of hydrogen-bond donors (Lipinski definition) is 2. The van der Waals surface area contributed by atoms with E-state index in [0.717, 1.165) is 0 Å². The zero-order valence-corrected chi connectivity index (χ0v) is 15.2. The van der Waals surface area contributed by atoms with Crippen molar-refractivity contribution in [2.75, 3.05) is 6.61 Å². The molecule has 1 amide bonds. The maximum atomic E-state index is 12.2. The van der Waals surface area contributed by atoms with Crippen molar-refractivity contribution >= 4 is 35.3 Å². The Labute approximate surface area is 151 Å². The lowest BCUT2D eigenvalue weighted by atomic mass is 10.1. The first kappa shape index (κ1) is 18.6. The van der Waals surface area contributed by atoms with Crippen LogP contribution in [-0.2, 0) is 4.79 Å². The van der Waals surface area contributed by atoms with E-state index in [4.69, 9.17) is 27.9 Å². The quantitative estimate of drug-likeness (QED) is 0.590. The molecule has 2 N–H and O–H groups in total. The van der Waals surface area contributed by atoms with Gasteiger partial charge in [-0.1, -0.05) is 37.0 Å². The van der Waals surface area contributed by atoms with E-state index in [9.17, 15) is 9.90 Å². The Balaban J connectivity index is 1.98. The molecular weight excluding hydrogens is 351 g/mol. The van der Waals surface area contributed by atoms with Gasteiger partial charge in [-0.3, -0.25) is 4.79 Å². The normalized spacial score (nSPS) is 21.4. The summed E-state index contributed by atoms with van der Waals surface area (Å²) in [4.78, 5) is 12.2. The van der Waals surface area contributed by atoms with Gasteiger partial charge in [-0.15, -0.1) is 0 Å². The van der Waals surface area contributed by atoms with Gasteiger partial charge in [-0.2, -0.15) is 5.10 Å². The van der Waals surface area contributed by atoms with Crippen molar-refractivity contribution in [3.05, 3.63) is 34.3 Å². The lowest BCUT2D eigenvalue weighted by Gasteiger charge is -2.06. The van der Waals surface area contributed by atoms with Crippen molar-refractivity contribution in [1.29, 1.82) is 0 Å². The van der Waals surface area contributed by atoms with E-state index in [-0.39, 0.29) is 33.4 Å².